The molecule has 0 aromatic heterocycles. The standard InChI is InChI=1S/C24H23N5O7/c1-26-22(31)24(21(30)25-23(26)32)10-15-9-16(29(33)34)3-4-17(15)28-7-6-27(12-20(24)28)11-14-2-5-18-19(8-14)36-13-35-18/h2-5,8-9,20H,6-7,10-13H2,1H3,(H,25,30,32)/t20-,24+/m1/s1. The molecule has 4 aliphatic heterocycles. The normalized spacial score (nSPS) is 25.0. The number of nitrogens with one attached hydrogen (secondary N) is 1. The Morgan fingerprint density at radius 2 is 1.92 bits per heavy atom. The summed E-state index contributed by atoms with van der Waals surface area (Å²) in [6, 6.07) is 8.92. The van der Waals surface area contributed by atoms with Crippen molar-refractivity contribution in [3.05, 3.63) is 57.6 Å². The Balaban J connectivity index is 1.38. The minimum atomic E-state index is -1.60. The quantitative estimate of drug-likeness (QED) is 0.381. The van der Waals surface area contributed by atoms with Crippen LogP contribution >= 0.6 is 0 Å². The van der Waals surface area contributed by atoms with Crippen LogP contribution in [0.3, 0.4) is 0 Å². The van der Waals surface area contributed by atoms with Gasteiger partial charge in [-0.1, -0.05) is 6.07 Å². The second kappa shape index (κ2) is 7.92. The summed E-state index contributed by atoms with van der Waals surface area (Å²) in [7, 11) is 1.34. The van der Waals surface area contributed by atoms with Crippen molar-refractivity contribution in [3.8, 4) is 11.5 Å². The molecule has 0 aliphatic carbocycles. The second-order valence-corrected chi connectivity index (χ2v) is 9.47. The van der Waals surface area contributed by atoms with Crippen molar-refractivity contribution in [1.29, 1.82) is 0 Å². The third-order valence-corrected chi connectivity index (χ3v) is 7.55. The summed E-state index contributed by atoms with van der Waals surface area (Å²) in [4.78, 5) is 55.3. The van der Waals surface area contributed by atoms with E-state index in [-0.39, 0.29) is 18.9 Å². The van der Waals surface area contributed by atoms with Gasteiger partial charge in [-0.15, -0.1) is 0 Å². The molecule has 186 valence electrons. The lowest BCUT2D eigenvalue weighted by Crippen LogP contribution is -2.74. The molecule has 2 aromatic carbocycles. The third kappa shape index (κ3) is 3.21. The zero-order valence-electron chi connectivity index (χ0n) is 19.4. The van der Waals surface area contributed by atoms with Crippen LogP contribution in [0.5, 0.6) is 11.5 Å². The summed E-state index contributed by atoms with van der Waals surface area (Å²) >= 11 is 0. The van der Waals surface area contributed by atoms with Gasteiger partial charge in [-0.3, -0.25) is 34.8 Å². The van der Waals surface area contributed by atoms with E-state index in [4.69, 9.17) is 9.47 Å². The van der Waals surface area contributed by atoms with Gasteiger partial charge in [0, 0.05) is 57.5 Å². The molecule has 6 rings (SSSR count). The fraction of sp³-hybridized carbons (Fsp3) is 0.375. The summed E-state index contributed by atoms with van der Waals surface area (Å²) < 4.78 is 10.9. The number of fused-ring (bicyclic) bond motifs is 5. The lowest BCUT2D eigenvalue weighted by Gasteiger charge is -2.55. The van der Waals surface area contributed by atoms with Crippen LogP contribution in [0.1, 0.15) is 11.1 Å². The maximum Gasteiger partial charge on any atom is 0.330 e. The highest BCUT2D eigenvalue weighted by Gasteiger charge is 2.62. The summed E-state index contributed by atoms with van der Waals surface area (Å²) in [5.41, 5.74) is 0.588. The SMILES string of the molecule is CN1C(=O)NC(=O)[C@@]2(Cc3cc([N+](=O)[O-])ccc3N3CCN(Cc4ccc5c(c4)OCO5)C[C@@H]32)C1=O. The van der Waals surface area contributed by atoms with Crippen LogP contribution in [0, 0.1) is 15.5 Å². The van der Waals surface area contributed by atoms with E-state index in [9.17, 15) is 24.5 Å². The average molecular weight is 493 g/mol. The number of imide groups is 2. The average Bonchev–Trinajstić information content (AvgIpc) is 3.34. The first-order chi connectivity index (χ1) is 17.3. The van der Waals surface area contributed by atoms with Crippen LogP contribution < -0.4 is 19.7 Å². The van der Waals surface area contributed by atoms with Gasteiger partial charge in [0.2, 0.25) is 18.6 Å². The van der Waals surface area contributed by atoms with Gasteiger partial charge in [-0.25, -0.2) is 4.79 Å². The number of benzene rings is 2. The zero-order valence-corrected chi connectivity index (χ0v) is 19.4. The number of carbonyl (C=O) groups excluding carboxylic acids is 3. The summed E-state index contributed by atoms with van der Waals surface area (Å²) in [5, 5.41) is 13.7. The maximum atomic E-state index is 13.6. The van der Waals surface area contributed by atoms with Gasteiger partial charge >= 0.3 is 6.03 Å². The van der Waals surface area contributed by atoms with Crippen molar-refractivity contribution in [2.45, 2.75) is 19.0 Å². The Bertz CT molecular complexity index is 1330. The molecule has 0 bridgehead atoms. The van der Waals surface area contributed by atoms with Crippen LogP contribution in [-0.2, 0) is 22.6 Å². The zero-order chi connectivity index (χ0) is 25.2. The van der Waals surface area contributed by atoms with Crippen LogP contribution in [0.2, 0.25) is 0 Å². The molecule has 12 heteroatoms. The first-order valence-corrected chi connectivity index (χ1v) is 11.6. The number of ether oxygens (including phenoxy) is 2. The van der Waals surface area contributed by atoms with Gasteiger partial charge < -0.3 is 14.4 Å². The molecule has 1 spiro atoms. The Kier molecular flexibility index (Phi) is 4.90. The van der Waals surface area contributed by atoms with Crippen molar-refractivity contribution in [2.24, 2.45) is 5.41 Å². The molecule has 0 radical (unpaired) electrons. The summed E-state index contributed by atoms with van der Waals surface area (Å²) in [6.07, 6.45) is -0.0364. The molecular formula is C24H23N5O7. The van der Waals surface area contributed by atoms with Crippen molar-refractivity contribution >= 4 is 29.2 Å². The number of hydrogen-bond acceptors (Lipinski definition) is 9. The molecule has 1 N–H and O–H groups in total. The Morgan fingerprint density at radius 1 is 1.11 bits per heavy atom. The number of urea groups is 1. The number of hydrogen-bond donors (Lipinski definition) is 1. The number of piperazine rings is 1. The largest absolute Gasteiger partial charge is 0.454 e. The number of non-ortho nitro benzene ring substituents is 1. The molecule has 4 aliphatic rings. The molecule has 2 saturated heterocycles. The first kappa shape index (κ1) is 22.3. The van der Waals surface area contributed by atoms with Crippen molar-refractivity contribution in [2.75, 3.05) is 38.4 Å². The van der Waals surface area contributed by atoms with E-state index in [1.807, 2.05) is 23.1 Å². The lowest BCUT2D eigenvalue weighted by molar-refractivity contribution is -0.384. The smallest absolute Gasteiger partial charge is 0.330 e. The number of nitrogens with zero attached hydrogens (tertiary/aromatic N) is 4. The number of rotatable bonds is 3. The highest BCUT2D eigenvalue weighted by atomic mass is 16.7. The number of barbiturate groups is 1. The van der Waals surface area contributed by atoms with E-state index in [1.54, 1.807) is 6.07 Å². The molecule has 2 aromatic rings. The van der Waals surface area contributed by atoms with E-state index < -0.39 is 34.2 Å². The molecule has 0 saturated carbocycles. The minimum Gasteiger partial charge on any atom is -0.454 e. The number of amides is 4. The molecule has 36 heavy (non-hydrogen) atoms. The van der Waals surface area contributed by atoms with Crippen LogP contribution in [-0.4, -0.2) is 72.1 Å². The van der Waals surface area contributed by atoms with Gasteiger partial charge in [0.05, 0.1) is 11.0 Å². The minimum absolute atomic E-state index is 0.0364. The molecule has 2 atom stereocenters. The van der Waals surface area contributed by atoms with E-state index in [0.29, 0.717) is 43.2 Å². The van der Waals surface area contributed by atoms with Gasteiger partial charge in [0.1, 0.15) is 0 Å². The van der Waals surface area contributed by atoms with Crippen molar-refractivity contribution < 1.29 is 28.8 Å². The maximum absolute atomic E-state index is 13.6. The van der Waals surface area contributed by atoms with E-state index in [2.05, 4.69) is 10.2 Å². The number of nitro groups is 1. The predicted molar refractivity (Wildman–Crippen MR) is 125 cm³/mol. The molecule has 12 nitrogen and oxygen atoms in total. The Morgan fingerprint density at radius 3 is 2.72 bits per heavy atom. The fourth-order valence-corrected chi connectivity index (χ4v) is 5.75. The highest BCUT2D eigenvalue weighted by molar-refractivity contribution is 6.20. The van der Waals surface area contributed by atoms with Crippen molar-refractivity contribution in [3.63, 3.8) is 0 Å². The molecule has 0 unspecified atom stereocenters. The number of anilines is 1. The molecule has 2 fully saturated rings. The Labute approximate surface area is 205 Å². The Hall–Kier alpha value is -4.19. The van der Waals surface area contributed by atoms with Crippen molar-refractivity contribution in [1.82, 2.24) is 15.1 Å². The number of carbonyl (C=O) groups is 3. The first-order valence-electron chi connectivity index (χ1n) is 11.6. The summed E-state index contributed by atoms with van der Waals surface area (Å²) in [5.74, 6) is 0.0940. The van der Waals surface area contributed by atoms with Crippen LogP contribution in [0.4, 0.5) is 16.2 Å². The summed E-state index contributed by atoms with van der Waals surface area (Å²) in [6.45, 7) is 2.27. The fourth-order valence-electron chi connectivity index (χ4n) is 5.75. The van der Waals surface area contributed by atoms with E-state index in [1.165, 1.54) is 19.2 Å². The molecule has 4 heterocycles. The van der Waals surface area contributed by atoms with Gasteiger partial charge in [0.25, 0.3) is 5.69 Å². The van der Waals surface area contributed by atoms with Gasteiger partial charge in [0.15, 0.2) is 16.9 Å². The van der Waals surface area contributed by atoms with Gasteiger partial charge in [-0.2, -0.15) is 0 Å². The van der Waals surface area contributed by atoms with E-state index in [0.717, 1.165) is 16.2 Å². The monoisotopic (exact) mass is 493 g/mol. The van der Waals surface area contributed by atoms with Crippen LogP contribution in [0.15, 0.2) is 36.4 Å². The van der Waals surface area contributed by atoms with Crippen LogP contribution in [0.25, 0.3) is 0 Å². The molecule has 4 amide bonds. The number of nitro benzene ring substituents is 1. The predicted octanol–water partition coefficient (Wildman–Crippen LogP) is 1.26. The van der Waals surface area contributed by atoms with Gasteiger partial charge in [-0.05, 0) is 29.3 Å². The molecular weight excluding hydrogens is 470 g/mol. The topological polar surface area (TPSA) is 135 Å². The second-order valence-electron chi connectivity index (χ2n) is 9.47. The highest BCUT2D eigenvalue weighted by Crippen LogP contribution is 2.46. The lowest BCUT2D eigenvalue weighted by atomic mass is 9.67. The third-order valence-electron chi connectivity index (χ3n) is 7.55. The van der Waals surface area contributed by atoms with E-state index >= 15 is 0 Å².